The van der Waals surface area contributed by atoms with Crippen LogP contribution in [0.3, 0.4) is 0 Å². The molecule has 96 valence electrons. The molecule has 0 aliphatic heterocycles. The van der Waals surface area contributed by atoms with Crippen LogP contribution >= 0.6 is 35.3 Å². The van der Waals surface area contributed by atoms with Gasteiger partial charge in [0.1, 0.15) is 0 Å². The maximum atomic E-state index is 3.79. The van der Waals surface area contributed by atoms with Gasteiger partial charge in [-0.2, -0.15) is 0 Å². The van der Waals surface area contributed by atoms with Crippen molar-refractivity contribution in [2.24, 2.45) is 0 Å². The lowest BCUT2D eigenvalue weighted by molar-refractivity contribution is 1.21. The first-order valence-corrected chi connectivity index (χ1v) is 8.33. The van der Waals surface area contributed by atoms with Crippen molar-refractivity contribution in [3.63, 3.8) is 0 Å². The van der Waals surface area contributed by atoms with Crippen molar-refractivity contribution in [1.29, 1.82) is 0 Å². The zero-order valence-corrected chi connectivity index (χ0v) is 12.9. The average molecular weight is 302 g/mol. The molecule has 3 heteroatoms. The first-order chi connectivity index (χ1) is 9.35. The zero-order chi connectivity index (χ0) is 13.5. The number of benzene rings is 2. The maximum Gasteiger partial charge on any atom is 0.0262 e. The Morgan fingerprint density at radius 1 is 0.632 bits per heavy atom. The van der Waals surface area contributed by atoms with E-state index in [1.165, 1.54) is 19.6 Å². The quantitative estimate of drug-likeness (QED) is 0.574. The van der Waals surface area contributed by atoms with Crippen LogP contribution in [-0.4, -0.2) is 0 Å². The Kier molecular flexibility index (Phi) is 5.70. The zero-order valence-electron chi connectivity index (χ0n) is 10.4. The Labute approximate surface area is 127 Å². The van der Waals surface area contributed by atoms with Gasteiger partial charge in [-0.15, -0.1) is 0 Å². The smallest absolute Gasteiger partial charge is 0.0262 e. The third-order valence-corrected chi connectivity index (χ3v) is 5.30. The van der Waals surface area contributed by atoms with Crippen LogP contribution in [0, 0.1) is 0 Å². The van der Waals surface area contributed by atoms with Crippen LogP contribution in [0.15, 0.2) is 92.1 Å². The predicted octanol–water partition coefficient (Wildman–Crippen LogP) is 6.31. The molecule has 0 atom stereocenters. The van der Waals surface area contributed by atoms with Crippen molar-refractivity contribution in [2.45, 2.75) is 19.6 Å². The van der Waals surface area contributed by atoms with E-state index >= 15 is 0 Å². The highest BCUT2D eigenvalue weighted by Crippen LogP contribution is 2.39. The van der Waals surface area contributed by atoms with Crippen molar-refractivity contribution in [1.82, 2.24) is 0 Å². The van der Waals surface area contributed by atoms with E-state index in [4.69, 9.17) is 0 Å². The first kappa shape index (κ1) is 14.4. The topological polar surface area (TPSA) is 0 Å². The summed E-state index contributed by atoms with van der Waals surface area (Å²) in [7, 11) is 0. The summed E-state index contributed by atoms with van der Waals surface area (Å²) >= 11 is 5.10. The maximum absolute atomic E-state index is 3.79. The van der Waals surface area contributed by atoms with Gasteiger partial charge in [-0.1, -0.05) is 72.7 Å². The third kappa shape index (κ3) is 3.96. The van der Waals surface area contributed by atoms with Crippen molar-refractivity contribution in [3.8, 4) is 0 Å². The second-order valence-corrected chi connectivity index (χ2v) is 6.67. The summed E-state index contributed by atoms with van der Waals surface area (Å²) in [5.74, 6) is 0. The van der Waals surface area contributed by atoms with Gasteiger partial charge in [0.25, 0.3) is 0 Å². The van der Waals surface area contributed by atoms with Gasteiger partial charge < -0.3 is 0 Å². The van der Waals surface area contributed by atoms with Crippen LogP contribution in [0.5, 0.6) is 0 Å². The van der Waals surface area contributed by atoms with Gasteiger partial charge in [0.15, 0.2) is 0 Å². The van der Waals surface area contributed by atoms with Crippen molar-refractivity contribution >= 4 is 35.3 Å². The van der Waals surface area contributed by atoms with Gasteiger partial charge in [0.2, 0.25) is 0 Å². The molecule has 0 fully saturated rings. The fourth-order valence-electron chi connectivity index (χ4n) is 1.56. The molecule has 0 bridgehead atoms. The summed E-state index contributed by atoms with van der Waals surface area (Å²) in [6.45, 7) is 7.57. The summed E-state index contributed by atoms with van der Waals surface area (Å²) in [6, 6.07) is 16.8. The highest BCUT2D eigenvalue weighted by Gasteiger charge is 2.06. The Hall–Kier alpha value is -1.03. The van der Waals surface area contributed by atoms with Crippen LogP contribution in [0.25, 0.3) is 0 Å². The molecular weight excluding hydrogens is 288 g/mol. The largest absolute Gasteiger partial charge is 0.0975 e. The lowest BCUT2D eigenvalue weighted by atomic mass is 10.4. The summed E-state index contributed by atoms with van der Waals surface area (Å²) in [5.41, 5.74) is 0. The minimum atomic E-state index is 1.24. The highest BCUT2D eigenvalue weighted by atomic mass is 32.2. The van der Waals surface area contributed by atoms with E-state index in [1.54, 1.807) is 35.3 Å². The molecule has 0 aliphatic rings. The van der Waals surface area contributed by atoms with Crippen LogP contribution in [-0.2, 0) is 0 Å². The second kappa shape index (κ2) is 7.53. The van der Waals surface area contributed by atoms with Gasteiger partial charge in [0.05, 0.1) is 0 Å². The van der Waals surface area contributed by atoms with E-state index in [9.17, 15) is 0 Å². The second-order valence-electron chi connectivity index (χ2n) is 3.56. The predicted molar refractivity (Wildman–Crippen MR) is 89.1 cm³/mol. The molecular formula is C16H14S3. The molecule has 2 aromatic carbocycles. The van der Waals surface area contributed by atoms with Crippen LogP contribution in [0.4, 0.5) is 0 Å². The van der Waals surface area contributed by atoms with E-state index in [2.05, 4.69) is 61.7 Å². The molecule has 0 saturated heterocycles. The van der Waals surface area contributed by atoms with E-state index in [-0.39, 0.29) is 0 Å². The first-order valence-electron chi connectivity index (χ1n) is 5.76. The van der Waals surface area contributed by atoms with E-state index < -0.39 is 0 Å². The Morgan fingerprint density at radius 3 is 1.37 bits per heavy atom. The molecule has 0 nitrogen and oxygen atoms in total. The Morgan fingerprint density at radius 2 is 1.00 bits per heavy atom. The van der Waals surface area contributed by atoms with Crippen molar-refractivity contribution in [2.75, 3.05) is 0 Å². The molecule has 0 amide bonds. The summed E-state index contributed by atoms with van der Waals surface area (Å²) in [6.07, 6.45) is 0. The molecule has 0 spiro atoms. The fourth-order valence-corrected chi connectivity index (χ4v) is 4.01. The lowest BCUT2D eigenvalue weighted by Gasteiger charge is -2.09. The third-order valence-electron chi connectivity index (χ3n) is 2.34. The summed E-state index contributed by atoms with van der Waals surface area (Å²) in [5, 5.41) is 3.73. The molecule has 0 aromatic heterocycles. The highest BCUT2D eigenvalue weighted by molar-refractivity contribution is 8.05. The molecule has 0 saturated carbocycles. The summed E-state index contributed by atoms with van der Waals surface area (Å²) < 4.78 is 0. The van der Waals surface area contributed by atoms with Crippen LogP contribution in [0.1, 0.15) is 0 Å². The van der Waals surface area contributed by atoms with Crippen LogP contribution < -0.4 is 0 Å². The molecule has 2 rings (SSSR count). The number of thioether (sulfide) groups is 2. The van der Waals surface area contributed by atoms with Gasteiger partial charge in [-0.05, 0) is 35.1 Å². The molecule has 0 unspecified atom stereocenters. The number of rotatable bonds is 6. The fraction of sp³-hybridized carbons (Fsp3) is 0. The molecule has 2 aromatic rings. The molecule has 0 N–H and O–H groups in total. The van der Waals surface area contributed by atoms with E-state index in [0.29, 0.717) is 0 Å². The van der Waals surface area contributed by atoms with Crippen molar-refractivity contribution < 1.29 is 0 Å². The normalized spacial score (nSPS) is 10.1. The molecule has 0 aliphatic carbocycles. The minimum absolute atomic E-state index is 1.24. The minimum Gasteiger partial charge on any atom is -0.0975 e. The standard InChI is InChI=1S/C16H14S3/c1-3-17-13-9-5-7-11-15(13)19-16-12-8-6-10-14(16)18-4-2/h3-12H,1-2H2. The van der Waals surface area contributed by atoms with Crippen LogP contribution in [0.2, 0.25) is 0 Å². The van der Waals surface area contributed by atoms with Gasteiger partial charge >= 0.3 is 0 Å². The lowest BCUT2D eigenvalue weighted by Crippen LogP contribution is -1.80. The van der Waals surface area contributed by atoms with E-state index in [1.807, 2.05) is 10.8 Å². The van der Waals surface area contributed by atoms with E-state index in [0.717, 1.165) is 0 Å². The monoisotopic (exact) mass is 302 g/mol. The molecule has 0 radical (unpaired) electrons. The van der Waals surface area contributed by atoms with Gasteiger partial charge in [-0.3, -0.25) is 0 Å². The molecule has 19 heavy (non-hydrogen) atoms. The summed E-state index contributed by atoms with van der Waals surface area (Å²) in [4.78, 5) is 4.98. The van der Waals surface area contributed by atoms with Gasteiger partial charge in [0, 0.05) is 19.6 Å². The average Bonchev–Trinajstić information content (AvgIpc) is 2.44. The SMILES string of the molecule is C=CSc1ccccc1Sc1ccccc1SC=C. The number of hydrogen-bond acceptors (Lipinski definition) is 3. The van der Waals surface area contributed by atoms with Gasteiger partial charge in [-0.25, -0.2) is 0 Å². The Bertz CT molecular complexity index is 524. The Balaban J connectivity index is 2.30. The number of hydrogen-bond donors (Lipinski definition) is 0. The van der Waals surface area contributed by atoms with Crippen molar-refractivity contribution in [3.05, 3.63) is 72.5 Å². The molecule has 0 heterocycles.